The van der Waals surface area contributed by atoms with Crippen LogP contribution in [0.2, 0.25) is 0 Å². The third-order valence-corrected chi connectivity index (χ3v) is 4.56. The fourth-order valence-electron chi connectivity index (χ4n) is 3.00. The molecule has 1 aromatic rings. The molecule has 1 rings (SSSR count). The quantitative estimate of drug-likeness (QED) is 0.236. The van der Waals surface area contributed by atoms with Crippen LogP contribution >= 0.6 is 0 Å². The summed E-state index contributed by atoms with van der Waals surface area (Å²) in [5, 5.41) is 2.76. The minimum absolute atomic E-state index is 0.337. The first-order chi connectivity index (χ1) is 16.2. The zero-order chi connectivity index (χ0) is 25.4. The number of terminal acetylenes is 2. The van der Waals surface area contributed by atoms with Gasteiger partial charge in [-0.2, -0.15) is 0 Å². The van der Waals surface area contributed by atoms with E-state index in [1.165, 1.54) is 7.11 Å². The van der Waals surface area contributed by atoms with E-state index in [9.17, 15) is 9.59 Å². The molecule has 0 bridgehead atoms. The number of nitrogens with one attached hydrogen (secondary N) is 1. The van der Waals surface area contributed by atoms with Crippen LogP contribution in [0.4, 0.5) is 4.79 Å². The smallest absolute Gasteiger partial charge is 0.407 e. The highest BCUT2D eigenvalue weighted by Crippen LogP contribution is 2.33. The number of benzene rings is 1. The number of unbranched alkanes of at least 4 members (excludes halogenated alkanes) is 3. The molecule has 186 valence electrons. The predicted octanol–water partition coefficient (Wildman–Crippen LogP) is 4.91. The first kappa shape index (κ1) is 28.7. The molecule has 1 amide bonds. The monoisotopic (exact) mass is 471 g/mol. The van der Waals surface area contributed by atoms with Crippen molar-refractivity contribution < 1.29 is 28.5 Å². The van der Waals surface area contributed by atoms with Crippen LogP contribution in [0, 0.1) is 24.7 Å². The van der Waals surface area contributed by atoms with Gasteiger partial charge < -0.3 is 24.3 Å². The Morgan fingerprint density at radius 1 is 0.941 bits per heavy atom. The Hall–Kier alpha value is -3.32. The van der Waals surface area contributed by atoms with Gasteiger partial charge in [-0.05, 0) is 65.0 Å². The molecular formula is C27H37NO6. The molecule has 0 aromatic heterocycles. The number of hydrogen-bond donors (Lipinski definition) is 1. The number of hydrogen-bond acceptors (Lipinski definition) is 6. The Morgan fingerprint density at radius 3 is 2.09 bits per heavy atom. The van der Waals surface area contributed by atoms with Crippen molar-refractivity contribution in [3.63, 3.8) is 0 Å². The standard InChI is InChI=1S/C27H37NO6/c1-7-9-11-13-18-33-24-20-21(25(29)31-6)19-23(32-17-12-10-8-2)22(24)15-14-16-28-26(30)34-27(3,4)5/h1-2,19-20H,9-18H2,3-6H3,(H,28,30). The first-order valence-corrected chi connectivity index (χ1v) is 11.6. The van der Waals surface area contributed by atoms with Crippen molar-refractivity contribution >= 4 is 12.1 Å². The van der Waals surface area contributed by atoms with E-state index in [1.54, 1.807) is 12.1 Å². The molecule has 0 spiro atoms. The highest BCUT2D eigenvalue weighted by atomic mass is 16.6. The second kappa shape index (κ2) is 15.5. The lowest BCUT2D eigenvalue weighted by molar-refractivity contribution is 0.0526. The summed E-state index contributed by atoms with van der Waals surface area (Å²) in [6.45, 7) is 6.70. The van der Waals surface area contributed by atoms with E-state index in [0.717, 1.165) is 18.4 Å². The number of amides is 1. The van der Waals surface area contributed by atoms with Crippen LogP contribution in [0.1, 0.15) is 75.2 Å². The summed E-state index contributed by atoms with van der Waals surface area (Å²) < 4.78 is 22.2. The van der Waals surface area contributed by atoms with Gasteiger partial charge in [-0.15, -0.1) is 24.7 Å². The number of rotatable bonds is 14. The maximum absolute atomic E-state index is 12.2. The molecule has 7 nitrogen and oxygen atoms in total. The molecule has 0 unspecified atom stereocenters. The lowest BCUT2D eigenvalue weighted by Gasteiger charge is -2.20. The van der Waals surface area contributed by atoms with Crippen LogP contribution in [0.15, 0.2) is 12.1 Å². The van der Waals surface area contributed by atoms with Crippen LogP contribution < -0.4 is 14.8 Å². The fourth-order valence-corrected chi connectivity index (χ4v) is 3.00. The van der Waals surface area contributed by atoms with Gasteiger partial charge in [0.25, 0.3) is 0 Å². The van der Waals surface area contributed by atoms with Crippen LogP contribution in [0.25, 0.3) is 0 Å². The lowest BCUT2D eigenvalue weighted by Crippen LogP contribution is -2.33. The van der Waals surface area contributed by atoms with Crippen LogP contribution in [-0.4, -0.2) is 44.5 Å². The summed E-state index contributed by atoms with van der Waals surface area (Å²) in [5.74, 6) is 5.81. The van der Waals surface area contributed by atoms with Gasteiger partial charge in [0, 0.05) is 24.9 Å². The van der Waals surface area contributed by atoms with Gasteiger partial charge in [-0.1, -0.05) is 0 Å². The number of ether oxygens (including phenoxy) is 4. The molecule has 1 N–H and O–H groups in total. The zero-order valence-corrected chi connectivity index (χ0v) is 20.8. The second-order valence-electron chi connectivity index (χ2n) is 8.64. The molecule has 7 heteroatoms. The first-order valence-electron chi connectivity index (χ1n) is 11.6. The number of alkyl carbamates (subject to hydrolysis) is 1. The Bertz CT molecular complexity index is 873. The number of carbonyl (C=O) groups excluding carboxylic acids is 2. The summed E-state index contributed by atoms with van der Waals surface area (Å²) in [4.78, 5) is 24.1. The van der Waals surface area contributed by atoms with E-state index in [-0.39, 0.29) is 0 Å². The van der Waals surface area contributed by atoms with Gasteiger partial charge in [-0.3, -0.25) is 0 Å². The Morgan fingerprint density at radius 2 is 1.53 bits per heavy atom. The van der Waals surface area contributed by atoms with Crippen LogP contribution in [0.3, 0.4) is 0 Å². The molecule has 0 atom stereocenters. The van der Waals surface area contributed by atoms with Crippen molar-refractivity contribution in [1.29, 1.82) is 0 Å². The predicted molar refractivity (Wildman–Crippen MR) is 132 cm³/mol. The van der Waals surface area contributed by atoms with Gasteiger partial charge in [0.05, 0.1) is 25.9 Å². The third kappa shape index (κ3) is 11.5. The normalized spacial score (nSPS) is 10.5. The van der Waals surface area contributed by atoms with E-state index in [1.807, 2.05) is 20.8 Å². The maximum Gasteiger partial charge on any atom is 0.407 e. The summed E-state index contributed by atoms with van der Waals surface area (Å²) in [6, 6.07) is 3.32. The molecule has 1 aromatic carbocycles. The zero-order valence-electron chi connectivity index (χ0n) is 20.8. The second-order valence-corrected chi connectivity index (χ2v) is 8.64. The molecule has 0 radical (unpaired) electrons. The molecule has 34 heavy (non-hydrogen) atoms. The van der Waals surface area contributed by atoms with Gasteiger partial charge >= 0.3 is 12.1 Å². The topological polar surface area (TPSA) is 83.1 Å². The van der Waals surface area contributed by atoms with Gasteiger partial charge in [-0.25, -0.2) is 9.59 Å². The molecule has 0 saturated carbocycles. The lowest BCUT2D eigenvalue weighted by atomic mass is 10.0. The van der Waals surface area contributed by atoms with Crippen molar-refractivity contribution in [1.82, 2.24) is 5.32 Å². The molecule has 0 fully saturated rings. The SMILES string of the molecule is C#CCCCCOc1cc(C(=O)OC)cc(OCCCC#C)c1CCCNC(=O)OC(C)(C)C. The van der Waals surface area contributed by atoms with Crippen molar-refractivity contribution in [2.75, 3.05) is 26.9 Å². The molecule has 0 aliphatic heterocycles. The van der Waals surface area contributed by atoms with Crippen molar-refractivity contribution in [2.45, 2.75) is 71.3 Å². The third-order valence-electron chi connectivity index (χ3n) is 4.56. The highest BCUT2D eigenvalue weighted by Gasteiger charge is 2.19. The van der Waals surface area contributed by atoms with Crippen LogP contribution in [0.5, 0.6) is 11.5 Å². The average Bonchev–Trinajstić information content (AvgIpc) is 2.78. The van der Waals surface area contributed by atoms with Gasteiger partial charge in [0.2, 0.25) is 0 Å². The van der Waals surface area contributed by atoms with Gasteiger partial charge in [0.1, 0.15) is 17.1 Å². The highest BCUT2D eigenvalue weighted by molar-refractivity contribution is 5.90. The van der Waals surface area contributed by atoms with Crippen LogP contribution in [-0.2, 0) is 15.9 Å². The summed E-state index contributed by atoms with van der Waals surface area (Å²) >= 11 is 0. The van der Waals surface area contributed by atoms with Crippen molar-refractivity contribution in [3.8, 4) is 36.2 Å². The van der Waals surface area contributed by atoms with E-state index in [0.29, 0.717) is 68.9 Å². The summed E-state index contributed by atoms with van der Waals surface area (Å²) in [5.41, 5.74) is 0.591. The molecular weight excluding hydrogens is 434 g/mol. The van der Waals surface area contributed by atoms with E-state index < -0.39 is 17.7 Å². The Kier molecular flexibility index (Phi) is 13.1. The van der Waals surface area contributed by atoms with Crippen molar-refractivity contribution in [3.05, 3.63) is 23.3 Å². The van der Waals surface area contributed by atoms with E-state index in [2.05, 4.69) is 17.2 Å². The number of methoxy groups -OCH3 is 1. The average molecular weight is 472 g/mol. The Balaban J connectivity index is 3.02. The molecule has 0 heterocycles. The minimum atomic E-state index is -0.562. The molecule has 0 aliphatic rings. The summed E-state index contributed by atoms with van der Waals surface area (Å²) in [6.07, 6.45) is 14.9. The molecule has 0 aliphatic carbocycles. The maximum atomic E-state index is 12.2. The molecule has 0 saturated heterocycles. The van der Waals surface area contributed by atoms with Gasteiger partial charge in [0.15, 0.2) is 0 Å². The van der Waals surface area contributed by atoms with E-state index in [4.69, 9.17) is 31.8 Å². The number of carbonyl (C=O) groups is 2. The van der Waals surface area contributed by atoms with E-state index >= 15 is 0 Å². The van der Waals surface area contributed by atoms with Crippen molar-refractivity contribution in [2.24, 2.45) is 0 Å². The summed E-state index contributed by atoms with van der Waals surface area (Å²) in [7, 11) is 1.33. The Labute approximate surface area is 203 Å². The number of esters is 1. The minimum Gasteiger partial charge on any atom is -0.493 e. The fraction of sp³-hybridized carbons (Fsp3) is 0.556. The largest absolute Gasteiger partial charge is 0.493 e.